The molecule has 3 rings (SSSR count). The van der Waals surface area contributed by atoms with E-state index in [-0.39, 0.29) is 28.8 Å². The van der Waals surface area contributed by atoms with Crippen LogP contribution in [-0.2, 0) is 4.79 Å². The number of hydrogen-bond donors (Lipinski definition) is 1. The molecule has 1 N–H and O–H groups in total. The number of nitrogens with zero attached hydrogens (tertiary/aromatic N) is 3. The van der Waals surface area contributed by atoms with E-state index >= 15 is 0 Å². The molecule has 0 spiro atoms. The lowest BCUT2D eigenvalue weighted by atomic mass is 10.1. The number of benzene rings is 2. The maximum absolute atomic E-state index is 12.4. The van der Waals surface area contributed by atoms with E-state index in [4.69, 9.17) is 23.2 Å². The second-order valence-corrected chi connectivity index (χ2v) is 7.51. The summed E-state index contributed by atoms with van der Waals surface area (Å²) in [7, 11) is 0. The molecule has 1 fully saturated rings. The minimum atomic E-state index is -0.525. The summed E-state index contributed by atoms with van der Waals surface area (Å²) in [5.74, 6) is -0.255. The van der Waals surface area contributed by atoms with Gasteiger partial charge in [0, 0.05) is 49.0 Å². The van der Waals surface area contributed by atoms with Gasteiger partial charge in [0.05, 0.1) is 22.2 Å². The molecule has 9 heteroatoms. The first kappa shape index (κ1) is 20.4. The average Bonchev–Trinajstić information content (AvgIpc) is 2.66. The molecule has 0 bridgehead atoms. The van der Waals surface area contributed by atoms with Crippen molar-refractivity contribution in [2.24, 2.45) is 0 Å². The standard InChI is InChI=1S/C19H20Cl2N4O3/c1-13-2-3-14(20)10-18(13)24-8-6-23(7-9-24)12-19(26)22-17-11-15(25(27)28)4-5-16(17)21/h2-5,10-11H,6-9,12H2,1H3,(H,22,26). The number of hydrogen-bond acceptors (Lipinski definition) is 5. The summed E-state index contributed by atoms with van der Waals surface area (Å²) in [4.78, 5) is 27.0. The lowest BCUT2D eigenvalue weighted by Gasteiger charge is -2.36. The molecule has 1 aliphatic heterocycles. The number of nitro groups is 1. The highest BCUT2D eigenvalue weighted by Gasteiger charge is 2.21. The molecule has 148 valence electrons. The first-order valence-electron chi connectivity index (χ1n) is 8.81. The van der Waals surface area contributed by atoms with Gasteiger partial charge in [0.2, 0.25) is 5.91 Å². The molecule has 0 atom stereocenters. The van der Waals surface area contributed by atoms with E-state index in [1.165, 1.54) is 18.2 Å². The Morgan fingerprint density at radius 1 is 1.14 bits per heavy atom. The second kappa shape index (κ2) is 8.77. The normalized spacial score (nSPS) is 14.8. The number of carbonyl (C=O) groups excluding carboxylic acids is 1. The summed E-state index contributed by atoms with van der Waals surface area (Å²) in [6.45, 7) is 5.26. The van der Waals surface area contributed by atoms with Gasteiger partial charge >= 0.3 is 0 Å². The Labute approximate surface area is 173 Å². The Hall–Kier alpha value is -2.35. The van der Waals surface area contributed by atoms with Gasteiger partial charge in [0.15, 0.2) is 0 Å². The smallest absolute Gasteiger partial charge is 0.271 e. The molecule has 0 aliphatic carbocycles. The minimum Gasteiger partial charge on any atom is -0.369 e. The minimum absolute atomic E-state index is 0.120. The average molecular weight is 423 g/mol. The van der Waals surface area contributed by atoms with Crippen LogP contribution in [0.5, 0.6) is 0 Å². The summed E-state index contributed by atoms with van der Waals surface area (Å²) in [6.07, 6.45) is 0. The van der Waals surface area contributed by atoms with E-state index in [0.717, 1.165) is 37.4 Å². The molecule has 0 aromatic heterocycles. The van der Waals surface area contributed by atoms with Crippen molar-refractivity contribution in [2.45, 2.75) is 6.92 Å². The number of non-ortho nitro benzene ring substituents is 1. The van der Waals surface area contributed by atoms with E-state index in [0.29, 0.717) is 5.02 Å². The molecule has 1 aliphatic rings. The van der Waals surface area contributed by atoms with Gasteiger partial charge in [-0.2, -0.15) is 0 Å². The van der Waals surface area contributed by atoms with Crippen LogP contribution in [0.2, 0.25) is 10.0 Å². The highest BCUT2D eigenvalue weighted by Crippen LogP contribution is 2.27. The number of piperazine rings is 1. The second-order valence-electron chi connectivity index (χ2n) is 6.66. The summed E-state index contributed by atoms with van der Waals surface area (Å²) in [5, 5.41) is 14.5. The molecule has 28 heavy (non-hydrogen) atoms. The summed E-state index contributed by atoms with van der Waals surface area (Å²) in [5.41, 5.74) is 2.40. The highest BCUT2D eigenvalue weighted by atomic mass is 35.5. The van der Waals surface area contributed by atoms with Crippen LogP contribution in [0.25, 0.3) is 0 Å². The van der Waals surface area contributed by atoms with Gasteiger partial charge in [-0.3, -0.25) is 19.8 Å². The number of nitrogens with one attached hydrogen (secondary N) is 1. The number of anilines is 2. The van der Waals surface area contributed by atoms with Crippen molar-refractivity contribution in [3.8, 4) is 0 Å². The third kappa shape index (κ3) is 4.92. The van der Waals surface area contributed by atoms with Crippen LogP contribution in [0.4, 0.5) is 17.1 Å². The predicted molar refractivity (Wildman–Crippen MR) is 112 cm³/mol. The first-order chi connectivity index (χ1) is 13.3. The quantitative estimate of drug-likeness (QED) is 0.582. The molecule has 0 radical (unpaired) electrons. The van der Waals surface area contributed by atoms with Crippen LogP contribution in [0.1, 0.15) is 5.56 Å². The fourth-order valence-corrected chi connectivity index (χ4v) is 3.52. The summed E-state index contributed by atoms with van der Waals surface area (Å²) < 4.78 is 0. The monoisotopic (exact) mass is 422 g/mol. The Balaban J connectivity index is 1.56. The van der Waals surface area contributed by atoms with Gasteiger partial charge in [0.25, 0.3) is 5.69 Å². The molecular weight excluding hydrogens is 403 g/mol. The molecule has 1 saturated heterocycles. The van der Waals surface area contributed by atoms with Gasteiger partial charge in [-0.1, -0.05) is 29.3 Å². The van der Waals surface area contributed by atoms with Crippen molar-refractivity contribution < 1.29 is 9.72 Å². The van der Waals surface area contributed by atoms with E-state index in [2.05, 4.69) is 10.2 Å². The van der Waals surface area contributed by atoms with Crippen molar-refractivity contribution in [1.82, 2.24) is 4.90 Å². The van der Waals surface area contributed by atoms with Crippen molar-refractivity contribution in [3.05, 3.63) is 62.1 Å². The van der Waals surface area contributed by atoms with E-state index in [1.54, 1.807) is 0 Å². The number of rotatable bonds is 5. The summed E-state index contributed by atoms with van der Waals surface area (Å²) >= 11 is 12.1. The Morgan fingerprint density at radius 2 is 1.86 bits per heavy atom. The van der Waals surface area contributed by atoms with Crippen LogP contribution in [0.15, 0.2) is 36.4 Å². The SMILES string of the molecule is Cc1ccc(Cl)cc1N1CCN(CC(=O)Nc2cc([N+](=O)[O-])ccc2Cl)CC1. The van der Waals surface area contributed by atoms with E-state index < -0.39 is 4.92 Å². The largest absolute Gasteiger partial charge is 0.369 e. The zero-order valence-electron chi connectivity index (χ0n) is 15.3. The third-order valence-corrected chi connectivity index (χ3v) is 5.25. The first-order valence-corrected chi connectivity index (χ1v) is 9.56. The molecule has 1 amide bonds. The van der Waals surface area contributed by atoms with Crippen molar-refractivity contribution >= 4 is 46.2 Å². The van der Waals surface area contributed by atoms with E-state index in [9.17, 15) is 14.9 Å². The number of halogens is 2. The van der Waals surface area contributed by atoms with Crippen molar-refractivity contribution in [3.63, 3.8) is 0 Å². The van der Waals surface area contributed by atoms with Gasteiger partial charge in [-0.15, -0.1) is 0 Å². The number of amides is 1. The van der Waals surface area contributed by atoms with Crippen molar-refractivity contribution in [2.75, 3.05) is 42.9 Å². The van der Waals surface area contributed by atoms with Gasteiger partial charge in [0.1, 0.15) is 0 Å². The maximum atomic E-state index is 12.4. The third-order valence-electron chi connectivity index (χ3n) is 4.69. The molecule has 0 saturated carbocycles. The van der Waals surface area contributed by atoms with E-state index in [1.807, 2.05) is 30.0 Å². The Kier molecular flexibility index (Phi) is 6.39. The maximum Gasteiger partial charge on any atom is 0.271 e. The number of aryl methyl sites for hydroxylation is 1. The lowest BCUT2D eigenvalue weighted by molar-refractivity contribution is -0.384. The fourth-order valence-electron chi connectivity index (χ4n) is 3.19. The molecule has 2 aromatic carbocycles. The molecule has 0 unspecified atom stereocenters. The lowest BCUT2D eigenvalue weighted by Crippen LogP contribution is -2.48. The molecule has 2 aromatic rings. The van der Waals surface area contributed by atoms with Gasteiger partial charge in [-0.05, 0) is 30.7 Å². The summed E-state index contributed by atoms with van der Waals surface area (Å²) in [6, 6.07) is 9.81. The fraction of sp³-hybridized carbons (Fsp3) is 0.316. The Bertz CT molecular complexity index is 899. The highest BCUT2D eigenvalue weighted by molar-refractivity contribution is 6.33. The van der Waals surface area contributed by atoms with Gasteiger partial charge < -0.3 is 10.2 Å². The van der Waals surface area contributed by atoms with Gasteiger partial charge in [-0.25, -0.2) is 0 Å². The van der Waals surface area contributed by atoms with Crippen LogP contribution in [0.3, 0.4) is 0 Å². The number of nitro benzene ring substituents is 1. The topological polar surface area (TPSA) is 78.7 Å². The number of carbonyl (C=O) groups is 1. The van der Waals surface area contributed by atoms with Crippen LogP contribution in [-0.4, -0.2) is 48.5 Å². The van der Waals surface area contributed by atoms with Crippen LogP contribution >= 0.6 is 23.2 Å². The predicted octanol–water partition coefficient (Wildman–Crippen LogP) is 3.97. The van der Waals surface area contributed by atoms with Crippen LogP contribution < -0.4 is 10.2 Å². The zero-order chi connectivity index (χ0) is 20.3. The molecule has 1 heterocycles. The molecular formula is C19H20Cl2N4O3. The zero-order valence-corrected chi connectivity index (χ0v) is 16.8. The molecule has 7 nitrogen and oxygen atoms in total. The Morgan fingerprint density at radius 3 is 2.54 bits per heavy atom. The van der Waals surface area contributed by atoms with Crippen LogP contribution in [0, 0.1) is 17.0 Å². The van der Waals surface area contributed by atoms with Crippen molar-refractivity contribution in [1.29, 1.82) is 0 Å².